The van der Waals surface area contributed by atoms with E-state index in [1.165, 1.54) is 30.5 Å². The molecule has 13 heteroatoms. The molecule has 0 spiro atoms. The van der Waals surface area contributed by atoms with Crippen LogP contribution in [-0.4, -0.2) is 47.4 Å². The highest BCUT2D eigenvalue weighted by Gasteiger charge is 2.56. The number of anilines is 1. The van der Waals surface area contributed by atoms with Crippen LogP contribution >= 0.6 is 0 Å². The lowest BCUT2D eigenvalue weighted by molar-refractivity contribution is -0.327. The van der Waals surface area contributed by atoms with Gasteiger partial charge in [0, 0.05) is 30.1 Å². The summed E-state index contributed by atoms with van der Waals surface area (Å²) < 4.78 is 26.6. The van der Waals surface area contributed by atoms with Crippen molar-refractivity contribution in [2.24, 2.45) is 11.7 Å². The first-order valence-electron chi connectivity index (χ1n) is 12.8. The molecule has 212 valence electrons. The minimum atomic E-state index is -1.58. The fraction of sp³-hybridized carbons (Fsp3) is 0.444. The monoisotopic (exact) mass is 555 g/mol. The fourth-order valence-electron chi connectivity index (χ4n) is 4.44. The first kappa shape index (κ1) is 28.9. The molecule has 12 nitrogen and oxygen atoms in total. The van der Waals surface area contributed by atoms with E-state index in [4.69, 9.17) is 25.4 Å². The third-order valence-corrected chi connectivity index (χ3v) is 7.18. The van der Waals surface area contributed by atoms with Gasteiger partial charge in [0.1, 0.15) is 23.5 Å². The first-order valence-corrected chi connectivity index (χ1v) is 12.8. The van der Waals surface area contributed by atoms with E-state index in [0.29, 0.717) is 18.4 Å². The number of hydrogen-bond acceptors (Lipinski definition) is 10. The molecule has 1 saturated heterocycles. The van der Waals surface area contributed by atoms with Crippen LogP contribution in [0.2, 0.25) is 0 Å². The number of nitrogens with one attached hydrogen (secondary N) is 2. The van der Waals surface area contributed by atoms with Crippen molar-refractivity contribution in [3.63, 3.8) is 0 Å². The zero-order chi connectivity index (χ0) is 29.0. The molecule has 0 radical (unpaired) electrons. The summed E-state index contributed by atoms with van der Waals surface area (Å²) in [5.41, 5.74) is 5.31. The van der Waals surface area contributed by atoms with Gasteiger partial charge in [0.2, 0.25) is 6.29 Å². The number of hydrogen-bond donors (Lipinski definition) is 3. The molecule has 2 aliphatic rings. The summed E-state index contributed by atoms with van der Waals surface area (Å²) >= 11 is 0. The summed E-state index contributed by atoms with van der Waals surface area (Å²) in [7, 11) is 0. The maximum atomic E-state index is 15.2. The Morgan fingerprint density at radius 1 is 1.32 bits per heavy atom. The number of ketones is 1. The number of aromatic nitrogens is 1. The van der Waals surface area contributed by atoms with E-state index in [9.17, 15) is 14.4 Å². The van der Waals surface area contributed by atoms with E-state index in [1.807, 2.05) is 13.0 Å². The number of carbonyl (C=O) groups excluding carboxylic acids is 3. The molecule has 1 saturated carbocycles. The summed E-state index contributed by atoms with van der Waals surface area (Å²) in [6, 6.07) is 6.43. The molecule has 0 bridgehead atoms. The molecule has 2 heterocycles. The second kappa shape index (κ2) is 12.0. The molecular formula is C27H30FN5O7. The van der Waals surface area contributed by atoms with Crippen LogP contribution in [0.1, 0.15) is 67.4 Å². The predicted molar refractivity (Wildman–Crippen MR) is 137 cm³/mol. The Balaban J connectivity index is 1.48. The van der Waals surface area contributed by atoms with Crippen LogP contribution in [-0.2, 0) is 19.3 Å². The minimum Gasteiger partial charge on any atom is -0.466 e. The number of ether oxygens (including phenoxy) is 2. The van der Waals surface area contributed by atoms with E-state index in [0.717, 1.165) is 0 Å². The zero-order valence-electron chi connectivity index (χ0n) is 22.2. The summed E-state index contributed by atoms with van der Waals surface area (Å²) in [5, 5.41) is 14.2. The summed E-state index contributed by atoms with van der Waals surface area (Å²) in [6.07, 6.45) is 1.11. The van der Waals surface area contributed by atoms with E-state index >= 15 is 4.39 Å². The zero-order valence-corrected chi connectivity index (χ0v) is 22.2. The van der Waals surface area contributed by atoms with Crippen LogP contribution in [0.25, 0.3) is 0 Å². The van der Waals surface area contributed by atoms with Gasteiger partial charge in [-0.25, -0.2) is 19.0 Å². The van der Waals surface area contributed by atoms with Crippen LogP contribution in [0.4, 0.5) is 15.0 Å². The van der Waals surface area contributed by atoms with E-state index in [-0.39, 0.29) is 40.8 Å². The maximum absolute atomic E-state index is 15.2. The standard InChI is InChI=1S/C27H30FN5O7/c1-4-14(3)27(30)24(35)39-40-25(27)38-13-37-23-16(20(34)5-2)7-8-18(28)22(23)17-10-19(17)32-26(36)33-21-9-6-15(11-29)12-31-21/h6-9,12,14,17,19,25H,4-5,10,13,30H2,1-3H3,(H2,31,32,33,36)/t14-,17+,19-,25-,27+/m1/s1. The quantitative estimate of drug-likeness (QED) is 0.212. The third kappa shape index (κ3) is 5.74. The number of amides is 2. The maximum Gasteiger partial charge on any atom is 0.367 e. The number of Topliss-reactive ketones (excluding diaryl/α,β-unsaturated/α-hetero) is 1. The molecule has 1 aromatic heterocycles. The van der Waals surface area contributed by atoms with E-state index < -0.39 is 48.4 Å². The Bertz CT molecular complexity index is 1330. The molecule has 0 unspecified atom stereocenters. The Labute approximate surface area is 229 Å². The topological polar surface area (TPSA) is 175 Å². The molecule has 40 heavy (non-hydrogen) atoms. The number of benzene rings is 1. The molecule has 5 atom stereocenters. The molecule has 4 rings (SSSR count). The molecule has 1 aliphatic heterocycles. The number of nitrogens with zero attached hydrogens (tertiary/aromatic N) is 2. The summed E-state index contributed by atoms with van der Waals surface area (Å²) in [4.78, 5) is 51.0. The van der Waals surface area contributed by atoms with E-state index in [2.05, 4.69) is 20.5 Å². The van der Waals surface area contributed by atoms with Crippen LogP contribution < -0.4 is 21.1 Å². The number of halogens is 1. The average Bonchev–Trinajstić information content (AvgIpc) is 3.64. The van der Waals surface area contributed by atoms with Gasteiger partial charge in [-0.1, -0.05) is 27.2 Å². The highest BCUT2D eigenvalue weighted by Crippen LogP contribution is 2.47. The van der Waals surface area contributed by atoms with Gasteiger partial charge in [-0.2, -0.15) is 10.1 Å². The van der Waals surface area contributed by atoms with Gasteiger partial charge in [-0.15, -0.1) is 0 Å². The number of nitrogens with two attached hydrogens (primary N) is 1. The Morgan fingerprint density at radius 2 is 2.10 bits per heavy atom. The van der Waals surface area contributed by atoms with Crippen molar-refractivity contribution < 1.29 is 38.0 Å². The molecule has 2 aromatic rings. The van der Waals surface area contributed by atoms with Crippen molar-refractivity contribution in [2.45, 2.75) is 63.8 Å². The van der Waals surface area contributed by atoms with Crippen molar-refractivity contribution in [1.82, 2.24) is 10.3 Å². The second-order valence-electron chi connectivity index (χ2n) is 9.68. The fourth-order valence-corrected chi connectivity index (χ4v) is 4.44. The van der Waals surface area contributed by atoms with Gasteiger partial charge < -0.3 is 20.5 Å². The highest BCUT2D eigenvalue weighted by molar-refractivity contribution is 5.99. The molecular weight excluding hydrogens is 525 g/mol. The van der Waals surface area contributed by atoms with Gasteiger partial charge in [0.05, 0.1) is 11.1 Å². The van der Waals surface area contributed by atoms with Gasteiger partial charge in [0.15, 0.2) is 18.1 Å². The summed E-state index contributed by atoms with van der Waals surface area (Å²) in [5.74, 6) is -2.29. The van der Waals surface area contributed by atoms with Crippen LogP contribution in [0.15, 0.2) is 30.5 Å². The SMILES string of the molecule is CCC(=O)c1ccc(F)c([C@H]2C[C@H]2NC(=O)Nc2ccc(C#N)cn2)c1OCO[C@@H]1OOC(=O)[C@@]1(N)[C@H](C)CC. The second-order valence-corrected chi connectivity index (χ2v) is 9.68. The van der Waals surface area contributed by atoms with Crippen molar-refractivity contribution >= 4 is 23.6 Å². The van der Waals surface area contributed by atoms with Crippen molar-refractivity contribution in [1.29, 1.82) is 5.26 Å². The number of urea groups is 1. The molecule has 2 amide bonds. The third-order valence-electron chi connectivity index (χ3n) is 7.18. The van der Waals surface area contributed by atoms with Crippen molar-refractivity contribution in [3.8, 4) is 11.8 Å². The first-order chi connectivity index (χ1) is 19.1. The number of pyridine rings is 1. The molecule has 4 N–H and O–H groups in total. The number of rotatable bonds is 11. The number of nitriles is 1. The Morgan fingerprint density at radius 3 is 2.75 bits per heavy atom. The molecule has 1 aliphatic carbocycles. The van der Waals surface area contributed by atoms with Gasteiger partial charge in [-0.3, -0.25) is 15.0 Å². The van der Waals surface area contributed by atoms with Crippen molar-refractivity contribution in [2.75, 3.05) is 12.1 Å². The number of carbonyl (C=O) groups is 3. The lowest BCUT2D eigenvalue weighted by Gasteiger charge is -2.29. The smallest absolute Gasteiger partial charge is 0.367 e. The lowest BCUT2D eigenvalue weighted by atomic mass is 9.84. The Kier molecular flexibility index (Phi) is 8.63. The average molecular weight is 556 g/mol. The van der Waals surface area contributed by atoms with Gasteiger partial charge >= 0.3 is 12.0 Å². The van der Waals surface area contributed by atoms with Crippen LogP contribution in [0.3, 0.4) is 0 Å². The molecule has 1 aromatic carbocycles. The normalized spacial score (nSPS) is 24.0. The van der Waals surface area contributed by atoms with E-state index in [1.54, 1.807) is 13.8 Å². The largest absolute Gasteiger partial charge is 0.466 e. The lowest BCUT2D eigenvalue weighted by Crippen LogP contribution is -2.58. The highest BCUT2D eigenvalue weighted by atomic mass is 19.1. The van der Waals surface area contributed by atoms with Crippen molar-refractivity contribution in [3.05, 3.63) is 53.0 Å². The summed E-state index contributed by atoms with van der Waals surface area (Å²) in [6.45, 7) is 4.75. The Hall–Kier alpha value is -4.12. The minimum absolute atomic E-state index is 0.0216. The van der Waals surface area contributed by atoms with Crippen LogP contribution in [0.5, 0.6) is 5.75 Å². The molecule has 2 fully saturated rings. The van der Waals surface area contributed by atoms with Crippen LogP contribution in [0, 0.1) is 23.1 Å². The van der Waals surface area contributed by atoms with Gasteiger partial charge in [-0.05, 0) is 36.6 Å². The predicted octanol–water partition coefficient (Wildman–Crippen LogP) is 3.27. The van der Waals surface area contributed by atoms with Gasteiger partial charge in [0.25, 0.3) is 0 Å².